The van der Waals surface area contributed by atoms with Crippen LogP contribution in [0, 0.1) is 0 Å². The minimum atomic E-state index is -0.816. The van der Waals surface area contributed by atoms with Gasteiger partial charge in [-0.2, -0.15) is 0 Å². The van der Waals surface area contributed by atoms with Crippen molar-refractivity contribution >= 4 is 29.3 Å². The quantitative estimate of drug-likeness (QED) is 0.260. The lowest BCUT2D eigenvalue weighted by Gasteiger charge is -2.34. The number of amides is 1. The third-order valence-corrected chi connectivity index (χ3v) is 7.23. The van der Waals surface area contributed by atoms with Crippen LogP contribution in [0.3, 0.4) is 0 Å². The van der Waals surface area contributed by atoms with Crippen molar-refractivity contribution in [1.29, 1.82) is 0 Å². The average molecular weight is 576 g/mol. The Morgan fingerprint density at radius 3 is 2.43 bits per heavy atom. The Bertz CT molecular complexity index is 1340. The van der Waals surface area contributed by atoms with E-state index in [-0.39, 0.29) is 12.5 Å². The molecule has 0 bridgehead atoms. The van der Waals surface area contributed by atoms with Gasteiger partial charge in [0.1, 0.15) is 5.82 Å². The number of benzene rings is 1. The van der Waals surface area contributed by atoms with Gasteiger partial charge in [0.25, 0.3) is 5.91 Å². The van der Waals surface area contributed by atoms with Crippen LogP contribution < -0.4 is 15.5 Å². The van der Waals surface area contributed by atoms with E-state index < -0.39 is 5.97 Å². The van der Waals surface area contributed by atoms with Crippen molar-refractivity contribution < 1.29 is 14.7 Å². The van der Waals surface area contributed by atoms with Gasteiger partial charge in [0.05, 0.1) is 12.2 Å². The van der Waals surface area contributed by atoms with E-state index in [0.29, 0.717) is 31.1 Å². The highest BCUT2D eigenvalue weighted by Crippen LogP contribution is 2.24. The van der Waals surface area contributed by atoms with Crippen molar-refractivity contribution in [2.24, 2.45) is 0 Å². The van der Waals surface area contributed by atoms with E-state index >= 15 is 0 Å². The van der Waals surface area contributed by atoms with E-state index in [1.54, 1.807) is 25.2 Å². The van der Waals surface area contributed by atoms with Crippen LogP contribution in [0.4, 0.5) is 17.5 Å². The van der Waals surface area contributed by atoms with E-state index in [9.17, 15) is 9.59 Å². The molecule has 0 spiro atoms. The fourth-order valence-electron chi connectivity index (χ4n) is 4.87. The molecule has 42 heavy (non-hydrogen) atoms. The summed E-state index contributed by atoms with van der Waals surface area (Å²) >= 11 is 0. The first kappa shape index (κ1) is 30.8. The second-order valence-corrected chi connectivity index (χ2v) is 10.7. The van der Waals surface area contributed by atoms with Crippen molar-refractivity contribution in [2.45, 2.75) is 13.0 Å². The van der Waals surface area contributed by atoms with Crippen LogP contribution in [0.25, 0.3) is 11.3 Å². The molecule has 4 rings (SSSR count). The Morgan fingerprint density at radius 2 is 1.76 bits per heavy atom. The maximum atomic E-state index is 13.0. The van der Waals surface area contributed by atoms with Crippen molar-refractivity contribution in [1.82, 2.24) is 35.0 Å². The van der Waals surface area contributed by atoms with Crippen molar-refractivity contribution in [3.05, 3.63) is 59.9 Å². The zero-order valence-corrected chi connectivity index (χ0v) is 24.9. The van der Waals surface area contributed by atoms with E-state index in [2.05, 4.69) is 30.4 Å². The summed E-state index contributed by atoms with van der Waals surface area (Å²) in [6.45, 7) is 5.29. The lowest BCUT2D eigenvalue weighted by Crippen LogP contribution is -2.47. The summed E-state index contributed by atoms with van der Waals surface area (Å²) in [7, 11) is 7.47. The van der Waals surface area contributed by atoms with Gasteiger partial charge in [0.2, 0.25) is 5.95 Å². The second kappa shape index (κ2) is 14.7. The Kier molecular flexibility index (Phi) is 10.8. The maximum Gasteiger partial charge on any atom is 0.317 e. The molecule has 1 amide bonds. The van der Waals surface area contributed by atoms with Gasteiger partial charge >= 0.3 is 5.97 Å². The number of piperazine rings is 1. The van der Waals surface area contributed by atoms with Gasteiger partial charge in [-0.15, -0.1) is 0 Å². The zero-order chi connectivity index (χ0) is 30.1. The molecule has 1 saturated heterocycles. The fraction of sp³-hybridized carbons (Fsp3) is 0.433. The summed E-state index contributed by atoms with van der Waals surface area (Å²) in [5, 5.41) is 15.6. The molecule has 0 saturated carbocycles. The fourth-order valence-corrected chi connectivity index (χ4v) is 4.87. The van der Waals surface area contributed by atoms with Crippen molar-refractivity contribution in [3.63, 3.8) is 0 Å². The number of anilines is 3. The molecule has 0 aliphatic carbocycles. The van der Waals surface area contributed by atoms with Gasteiger partial charge in [0.15, 0.2) is 0 Å². The predicted molar refractivity (Wildman–Crippen MR) is 164 cm³/mol. The lowest BCUT2D eigenvalue weighted by molar-refractivity contribution is -0.138. The number of aliphatic carboxylic acids is 1. The molecule has 0 atom stereocenters. The van der Waals surface area contributed by atoms with E-state index in [4.69, 9.17) is 10.1 Å². The highest BCUT2D eigenvalue weighted by atomic mass is 16.4. The number of pyridine rings is 1. The second-order valence-electron chi connectivity index (χ2n) is 10.7. The molecular weight excluding hydrogens is 534 g/mol. The maximum absolute atomic E-state index is 13.0. The average Bonchev–Trinajstić information content (AvgIpc) is 2.98. The van der Waals surface area contributed by atoms with Crippen LogP contribution in [0.5, 0.6) is 0 Å². The summed E-state index contributed by atoms with van der Waals surface area (Å²) in [5.41, 5.74) is 3.94. The van der Waals surface area contributed by atoms with Gasteiger partial charge < -0.3 is 25.5 Å². The Labute approximate surface area is 247 Å². The van der Waals surface area contributed by atoms with Gasteiger partial charge in [-0.25, -0.2) is 15.0 Å². The summed E-state index contributed by atoms with van der Waals surface area (Å²) in [4.78, 5) is 45.7. The van der Waals surface area contributed by atoms with Crippen molar-refractivity contribution in [3.8, 4) is 11.3 Å². The smallest absolute Gasteiger partial charge is 0.317 e. The Hall–Kier alpha value is -4.13. The van der Waals surface area contributed by atoms with E-state index in [1.807, 2.05) is 61.6 Å². The molecule has 3 aromatic rings. The Morgan fingerprint density at radius 1 is 1.00 bits per heavy atom. The van der Waals surface area contributed by atoms with Crippen LogP contribution in [-0.4, -0.2) is 121 Å². The van der Waals surface area contributed by atoms with Crippen LogP contribution in [0.15, 0.2) is 48.8 Å². The van der Waals surface area contributed by atoms with E-state index in [0.717, 1.165) is 60.9 Å². The van der Waals surface area contributed by atoms with Crippen molar-refractivity contribution in [2.75, 3.05) is 84.2 Å². The topological polar surface area (TPSA) is 130 Å². The number of carbonyl (C=O) groups excluding carboxylic acids is 1. The summed E-state index contributed by atoms with van der Waals surface area (Å²) < 4.78 is 0. The van der Waals surface area contributed by atoms with Crippen LogP contribution in [0.1, 0.15) is 22.3 Å². The third-order valence-electron chi connectivity index (χ3n) is 7.23. The molecular formula is C30H41N9O3. The molecule has 1 aromatic carbocycles. The highest BCUT2D eigenvalue weighted by Gasteiger charge is 2.22. The summed E-state index contributed by atoms with van der Waals surface area (Å²) in [5.74, 6) is 0.470. The first-order chi connectivity index (χ1) is 20.2. The third kappa shape index (κ3) is 8.44. The first-order valence-corrected chi connectivity index (χ1v) is 14.2. The normalized spacial score (nSPS) is 14.0. The molecule has 0 radical (unpaired) electrons. The SMILES string of the molecule is CNCCCN(C)c1ccc(-c2ccnc(Nc3ccc(C(=O)N(C)C)c(CN4CCN(CC(=O)O)CC4)c3)n2)cn1. The molecule has 3 N–H and O–H groups in total. The molecule has 12 heteroatoms. The van der Waals surface area contributed by atoms with E-state index in [1.165, 1.54) is 0 Å². The molecule has 224 valence electrons. The van der Waals surface area contributed by atoms with Crippen LogP contribution in [-0.2, 0) is 11.3 Å². The molecule has 3 heterocycles. The number of carbonyl (C=O) groups is 2. The van der Waals surface area contributed by atoms with Gasteiger partial charge in [-0.05, 0) is 62.0 Å². The molecule has 1 fully saturated rings. The largest absolute Gasteiger partial charge is 0.480 e. The standard InChI is InChI=1S/C30H41N9O3/c1-31-11-5-13-37(4)27-9-6-22(19-33-27)26-10-12-32-30(35-26)34-24-7-8-25(29(42)36(2)3)23(18-24)20-38-14-16-39(17-15-38)21-28(40)41/h6-10,12,18-19,31H,5,11,13-17,20-21H2,1-4H3,(H,40,41)(H,32,34,35). The lowest BCUT2D eigenvalue weighted by atomic mass is 10.0. The Balaban J connectivity index is 1.48. The minimum Gasteiger partial charge on any atom is -0.480 e. The minimum absolute atomic E-state index is 0.0465. The predicted octanol–water partition coefficient (Wildman–Crippen LogP) is 2.23. The van der Waals surface area contributed by atoms with Gasteiger partial charge in [-0.1, -0.05) is 0 Å². The number of nitrogens with zero attached hydrogens (tertiary/aromatic N) is 7. The van der Waals surface area contributed by atoms with Crippen LogP contribution in [0.2, 0.25) is 0 Å². The van der Waals surface area contributed by atoms with Gasteiger partial charge in [0, 0.05) is 89.6 Å². The summed E-state index contributed by atoms with van der Waals surface area (Å²) in [6, 6.07) is 11.5. The highest BCUT2D eigenvalue weighted by molar-refractivity contribution is 5.96. The first-order valence-electron chi connectivity index (χ1n) is 14.2. The number of hydrogen-bond acceptors (Lipinski definition) is 10. The number of carboxylic acids is 1. The summed E-state index contributed by atoms with van der Waals surface area (Å²) in [6.07, 6.45) is 4.57. The van der Waals surface area contributed by atoms with Crippen LogP contribution >= 0.6 is 0 Å². The molecule has 2 aromatic heterocycles. The monoisotopic (exact) mass is 575 g/mol. The van der Waals surface area contributed by atoms with Gasteiger partial charge in [-0.3, -0.25) is 19.4 Å². The number of hydrogen-bond donors (Lipinski definition) is 3. The molecule has 12 nitrogen and oxygen atoms in total. The molecule has 1 aliphatic heterocycles. The number of nitrogens with one attached hydrogen (secondary N) is 2. The molecule has 0 unspecified atom stereocenters. The zero-order valence-electron chi connectivity index (χ0n) is 24.9. The number of rotatable bonds is 13. The number of aromatic nitrogens is 3. The number of carboxylic acid groups (broad SMARTS) is 1. The molecule has 1 aliphatic rings.